The molecule has 0 aliphatic heterocycles. The highest BCUT2D eigenvalue weighted by Gasteiger charge is 2.29. The number of nitrogens with one attached hydrogen (secondary N) is 1. The summed E-state index contributed by atoms with van der Waals surface area (Å²) in [5.74, 6) is -3.00. The normalized spacial score (nSPS) is 11.8. The van der Waals surface area contributed by atoms with Crippen molar-refractivity contribution < 1.29 is 28.6 Å². The molecule has 0 fully saturated rings. The van der Waals surface area contributed by atoms with E-state index in [-0.39, 0.29) is 30.3 Å². The van der Waals surface area contributed by atoms with E-state index in [0.29, 0.717) is 5.56 Å². The molecule has 8 heteroatoms. The largest absolute Gasteiger partial charge is 0.480 e. The number of carbonyl (C=O) groups is 3. The van der Waals surface area contributed by atoms with Crippen molar-refractivity contribution >= 4 is 23.7 Å². The highest BCUT2D eigenvalue weighted by atomic mass is 19.1. The monoisotopic (exact) mass is 524 g/mol. The first-order valence-electron chi connectivity index (χ1n) is 12.4. The van der Waals surface area contributed by atoms with Crippen LogP contribution in [0, 0.1) is 5.82 Å². The molecule has 0 unspecified atom stereocenters. The van der Waals surface area contributed by atoms with Gasteiger partial charge in [-0.2, -0.15) is 0 Å². The van der Waals surface area contributed by atoms with E-state index in [4.69, 9.17) is 4.74 Å². The number of halogens is 1. The second-order valence-corrected chi connectivity index (χ2v) is 9.19. The van der Waals surface area contributed by atoms with Crippen LogP contribution in [-0.4, -0.2) is 41.1 Å². The number of carbonyl (C=O) groups excluding carboxylic acids is 2. The van der Waals surface area contributed by atoms with E-state index in [1.807, 2.05) is 48.5 Å². The molecule has 0 saturated heterocycles. The molecule has 1 aliphatic rings. The molecule has 4 aromatic rings. The maximum atomic E-state index is 14.7. The van der Waals surface area contributed by atoms with Crippen molar-refractivity contribution in [2.75, 3.05) is 18.5 Å². The number of rotatable bonds is 8. The Kier molecular flexibility index (Phi) is 7.36. The standard InChI is InChI=1S/C31H25FN2O5/c32-28-15-14-21(16-26(28)30(37)34(18-29(35)36)17-20-8-2-1-3-9-20)33-31(38)39-19-27-24-12-6-4-10-22(24)23-11-5-7-13-25(23)27/h1-16,27H,17-19H2,(H,33,38)(H,35,36). The SMILES string of the molecule is O=C(O)CN(Cc1ccccc1)C(=O)c1cc(NC(=O)OCC2c3ccccc3-c3ccccc32)ccc1F. The summed E-state index contributed by atoms with van der Waals surface area (Å²) in [6, 6.07) is 28.3. The molecule has 196 valence electrons. The molecule has 0 bridgehead atoms. The molecule has 0 spiro atoms. The summed E-state index contributed by atoms with van der Waals surface area (Å²) in [6.07, 6.45) is -0.756. The van der Waals surface area contributed by atoms with Gasteiger partial charge in [0.15, 0.2) is 0 Å². The van der Waals surface area contributed by atoms with Crippen molar-refractivity contribution in [3.63, 3.8) is 0 Å². The zero-order chi connectivity index (χ0) is 27.4. The van der Waals surface area contributed by atoms with E-state index >= 15 is 0 Å². The molecule has 5 rings (SSSR count). The smallest absolute Gasteiger partial charge is 0.411 e. The zero-order valence-electron chi connectivity index (χ0n) is 20.8. The van der Waals surface area contributed by atoms with Gasteiger partial charge in [0.05, 0.1) is 5.56 Å². The van der Waals surface area contributed by atoms with Crippen LogP contribution >= 0.6 is 0 Å². The molecule has 4 aromatic carbocycles. The van der Waals surface area contributed by atoms with Crippen LogP contribution in [0.15, 0.2) is 97.1 Å². The van der Waals surface area contributed by atoms with Crippen molar-refractivity contribution in [2.45, 2.75) is 12.5 Å². The molecule has 2 amide bonds. The van der Waals surface area contributed by atoms with Gasteiger partial charge in [0, 0.05) is 18.2 Å². The molecule has 1 aliphatic carbocycles. The van der Waals surface area contributed by atoms with Crippen molar-refractivity contribution in [3.05, 3.63) is 125 Å². The summed E-state index contributed by atoms with van der Waals surface area (Å²) in [5, 5.41) is 11.9. The first-order chi connectivity index (χ1) is 18.9. The van der Waals surface area contributed by atoms with Crippen LogP contribution < -0.4 is 5.32 Å². The summed E-state index contributed by atoms with van der Waals surface area (Å²) < 4.78 is 20.2. The van der Waals surface area contributed by atoms with Crippen LogP contribution in [0.5, 0.6) is 0 Å². The van der Waals surface area contributed by atoms with Gasteiger partial charge < -0.3 is 14.7 Å². The fourth-order valence-electron chi connectivity index (χ4n) is 4.86. The second-order valence-electron chi connectivity index (χ2n) is 9.19. The Morgan fingerprint density at radius 2 is 1.46 bits per heavy atom. The van der Waals surface area contributed by atoms with E-state index in [9.17, 15) is 23.9 Å². The van der Waals surface area contributed by atoms with E-state index < -0.39 is 30.3 Å². The number of aliphatic carboxylic acids is 1. The number of carboxylic acids is 1. The van der Waals surface area contributed by atoms with E-state index in [1.165, 1.54) is 12.1 Å². The minimum Gasteiger partial charge on any atom is -0.480 e. The summed E-state index contributed by atoms with van der Waals surface area (Å²) in [7, 11) is 0. The second kappa shape index (κ2) is 11.2. The topological polar surface area (TPSA) is 95.9 Å². The van der Waals surface area contributed by atoms with Crippen LogP contribution in [0.1, 0.15) is 33.0 Å². The van der Waals surface area contributed by atoms with Gasteiger partial charge in [-0.25, -0.2) is 9.18 Å². The number of hydrogen-bond acceptors (Lipinski definition) is 4. The van der Waals surface area contributed by atoms with Gasteiger partial charge in [-0.1, -0.05) is 78.9 Å². The van der Waals surface area contributed by atoms with Crippen LogP contribution in [0.25, 0.3) is 11.1 Å². The number of amides is 2. The minimum atomic E-state index is -1.23. The number of ether oxygens (including phenoxy) is 1. The number of benzene rings is 4. The van der Waals surface area contributed by atoms with Crippen molar-refractivity contribution in [1.82, 2.24) is 4.90 Å². The van der Waals surface area contributed by atoms with Crippen LogP contribution in [0.2, 0.25) is 0 Å². The Hall–Kier alpha value is -4.98. The fraction of sp³-hybridized carbons (Fsp3) is 0.129. The van der Waals surface area contributed by atoms with E-state index in [0.717, 1.165) is 33.2 Å². The predicted octanol–water partition coefficient (Wildman–Crippen LogP) is 5.91. The number of hydrogen-bond donors (Lipinski definition) is 2. The lowest BCUT2D eigenvalue weighted by Gasteiger charge is -2.21. The molecule has 0 aromatic heterocycles. The lowest BCUT2D eigenvalue weighted by Crippen LogP contribution is -2.35. The third-order valence-corrected chi connectivity index (χ3v) is 6.62. The average molecular weight is 525 g/mol. The molecule has 2 N–H and O–H groups in total. The first kappa shape index (κ1) is 25.7. The average Bonchev–Trinajstić information content (AvgIpc) is 3.26. The predicted molar refractivity (Wildman–Crippen MR) is 144 cm³/mol. The summed E-state index contributed by atoms with van der Waals surface area (Å²) in [5.41, 5.74) is 4.82. The lowest BCUT2D eigenvalue weighted by atomic mass is 9.98. The van der Waals surface area contributed by atoms with Crippen LogP contribution in [0.4, 0.5) is 14.9 Å². The molecular formula is C31H25FN2O5. The fourth-order valence-corrected chi connectivity index (χ4v) is 4.86. The Morgan fingerprint density at radius 3 is 2.10 bits per heavy atom. The van der Waals surface area contributed by atoms with Gasteiger partial charge in [-0.05, 0) is 46.0 Å². The van der Waals surface area contributed by atoms with Crippen LogP contribution in [-0.2, 0) is 16.1 Å². The van der Waals surface area contributed by atoms with Crippen LogP contribution in [0.3, 0.4) is 0 Å². The third-order valence-electron chi connectivity index (χ3n) is 6.62. The summed E-state index contributed by atoms with van der Waals surface area (Å²) >= 11 is 0. The molecule has 0 radical (unpaired) electrons. The number of carboxylic acid groups (broad SMARTS) is 1. The van der Waals surface area contributed by atoms with Crippen molar-refractivity contribution in [3.8, 4) is 11.1 Å². The molecule has 0 saturated carbocycles. The summed E-state index contributed by atoms with van der Waals surface area (Å²) in [6.45, 7) is -0.539. The zero-order valence-corrected chi connectivity index (χ0v) is 20.8. The third kappa shape index (κ3) is 5.65. The Labute approximate surface area is 224 Å². The lowest BCUT2D eigenvalue weighted by molar-refractivity contribution is -0.137. The number of nitrogens with zero attached hydrogens (tertiary/aromatic N) is 1. The molecule has 0 atom stereocenters. The number of anilines is 1. The van der Waals surface area contributed by atoms with Gasteiger partial charge in [0.1, 0.15) is 19.0 Å². The van der Waals surface area contributed by atoms with E-state index in [2.05, 4.69) is 5.32 Å². The molecule has 0 heterocycles. The van der Waals surface area contributed by atoms with E-state index in [1.54, 1.807) is 30.3 Å². The minimum absolute atomic E-state index is 0.0184. The quantitative estimate of drug-likeness (QED) is 0.299. The van der Waals surface area contributed by atoms with Gasteiger partial charge in [0.25, 0.3) is 5.91 Å². The van der Waals surface area contributed by atoms with Gasteiger partial charge >= 0.3 is 12.1 Å². The number of fused-ring (bicyclic) bond motifs is 3. The van der Waals surface area contributed by atoms with Crippen molar-refractivity contribution in [1.29, 1.82) is 0 Å². The Balaban J connectivity index is 1.29. The highest BCUT2D eigenvalue weighted by molar-refractivity contribution is 5.98. The highest BCUT2D eigenvalue weighted by Crippen LogP contribution is 2.44. The van der Waals surface area contributed by atoms with Crippen molar-refractivity contribution in [2.24, 2.45) is 0 Å². The maximum Gasteiger partial charge on any atom is 0.411 e. The Bertz CT molecular complexity index is 1490. The molecule has 7 nitrogen and oxygen atoms in total. The summed E-state index contributed by atoms with van der Waals surface area (Å²) in [4.78, 5) is 38.3. The molecule has 39 heavy (non-hydrogen) atoms. The van der Waals surface area contributed by atoms with Gasteiger partial charge in [0.2, 0.25) is 0 Å². The Morgan fingerprint density at radius 1 is 0.846 bits per heavy atom. The maximum absolute atomic E-state index is 14.7. The first-order valence-corrected chi connectivity index (χ1v) is 12.4. The van der Waals surface area contributed by atoms with Gasteiger partial charge in [-0.3, -0.25) is 14.9 Å². The van der Waals surface area contributed by atoms with Gasteiger partial charge in [-0.15, -0.1) is 0 Å². The molecular weight excluding hydrogens is 499 g/mol.